The molecule has 0 bridgehead atoms. The summed E-state index contributed by atoms with van der Waals surface area (Å²) in [6, 6.07) is -0.923. The minimum absolute atomic E-state index is 0.0502. The van der Waals surface area contributed by atoms with Crippen LogP contribution in [-0.2, 0) is 9.59 Å². The van der Waals surface area contributed by atoms with E-state index in [-0.39, 0.29) is 13.0 Å². The van der Waals surface area contributed by atoms with Crippen LogP contribution in [0.5, 0.6) is 0 Å². The Hall–Kier alpha value is -1.31. The average molecular weight is 322 g/mol. The number of amides is 2. The summed E-state index contributed by atoms with van der Waals surface area (Å²) in [6.07, 6.45) is -1.01. The molecule has 1 aliphatic carbocycles. The van der Waals surface area contributed by atoms with Gasteiger partial charge in [0, 0.05) is 6.54 Å². The number of halogens is 3. The maximum absolute atomic E-state index is 12.4. The third-order valence-corrected chi connectivity index (χ3v) is 4.26. The summed E-state index contributed by atoms with van der Waals surface area (Å²) in [6.45, 7) is -1.24. The maximum Gasteiger partial charge on any atom is 0.406 e. The first-order valence-electron chi connectivity index (χ1n) is 7.56. The van der Waals surface area contributed by atoms with Crippen LogP contribution in [0.1, 0.15) is 44.9 Å². The van der Waals surface area contributed by atoms with Gasteiger partial charge in [-0.2, -0.15) is 13.2 Å². The highest BCUT2D eigenvalue weighted by Crippen LogP contribution is 2.32. The summed E-state index contributed by atoms with van der Waals surface area (Å²) in [4.78, 5) is 24.7. The van der Waals surface area contributed by atoms with Crippen LogP contribution in [0.4, 0.5) is 13.2 Å². The molecule has 2 N–H and O–H groups in total. The van der Waals surface area contributed by atoms with Gasteiger partial charge in [0.1, 0.15) is 12.6 Å². The highest BCUT2D eigenvalue weighted by Gasteiger charge is 2.39. The molecule has 2 amide bonds. The predicted octanol–water partition coefficient (Wildman–Crippen LogP) is 1.35. The molecule has 8 heteroatoms. The largest absolute Gasteiger partial charge is 0.406 e. The molecule has 1 aliphatic heterocycles. The van der Waals surface area contributed by atoms with Crippen molar-refractivity contribution in [2.45, 2.75) is 62.8 Å². The van der Waals surface area contributed by atoms with E-state index in [2.05, 4.69) is 5.32 Å². The Morgan fingerprint density at radius 1 is 1.32 bits per heavy atom. The third kappa shape index (κ3) is 4.59. The molecule has 126 valence electrons. The van der Waals surface area contributed by atoms with Crippen LogP contribution in [0.3, 0.4) is 0 Å². The minimum atomic E-state index is -4.44. The molecular weight excluding hydrogens is 301 g/mol. The summed E-state index contributed by atoms with van der Waals surface area (Å²) in [5, 5.41) is 12.6. The first-order chi connectivity index (χ1) is 10.2. The molecule has 2 aliphatic rings. The van der Waals surface area contributed by atoms with E-state index in [9.17, 15) is 27.9 Å². The number of hydrogen-bond donors (Lipinski definition) is 2. The van der Waals surface area contributed by atoms with Gasteiger partial charge in [-0.05, 0) is 25.7 Å². The van der Waals surface area contributed by atoms with E-state index in [1.807, 2.05) is 0 Å². The van der Waals surface area contributed by atoms with Gasteiger partial charge in [-0.25, -0.2) is 0 Å². The van der Waals surface area contributed by atoms with Crippen molar-refractivity contribution < 1.29 is 27.9 Å². The Morgan fingerprint density at radius 2 is 1.95 bits per heavy atom. The number of likely N-dealkylation sites (tertiary alicyclic amines) is 1. The SMILES string of the molecule is O=C(CC1(O)CCCC1)NC1CCCN(CC(F)(F)F)C1=O. The number of nitrogens with zero attached hydrogens (tertiary/aromatic N) is 1. The van der Waals surface area contributed by atoms with E-state index in [1.54, 1.807) is 0 Å². The quantitative estimate of drug-likeness (QED) is 0.821. The van der Waals surface area contributed by atoms with Crippen molar-refractivity contribution in [1.29, 1.82) is 0 Å². The van der Waals surface area contributed by atoms with E-state index < -0.39 is 36.2 Å². The Morgan fingerprint density at radius 3 is 2.55 bits per heavy atom. The molecule has 22 heavy (non-hydrogen) atoms. The molecule has 2 rings (SSSR count). The standard InChI is InChI=1S/C14H21F3N2O3/c15-14(16,17)9-19-7-3-4-10(12(19)21)18-11(20)8-13(22)5-1-2-6-13/h10,22H,1-9H2,(H,18,20). The monoisotopic (exact) mass is 322 g/mol. The minimum Gasteiger partial charge on any atom is -0.389 e. The lowest BCUT2D eigenvalue weighted by atomic mass is 9.97. The predicted molar refractivity (Wildman–Crippen MR) is 71.8 cm³/mol. The van der Waals surface area contributed by atoms with Gasteiger partial charge in [0.15, 0.2) is 0 Å². The lowest BCUT2D eigenvalue weighted by molar-refractivity contribution is -0.165. The number of hydrogen-bond acceptors (Lipinski definition) is 3. The van der Waals surface area contributed by atoms with Crippen molar-refractivity contribution in [2.75, 3.05) is 13.1 Å². The fourth-order valence-electron chi connectivity index (χ4n) is 3.20. The third-order valence-electron chi connectivity index (χ3n) is 4.26. The molecular formula is C14H21F3N2O3. The molecule has 0 spiro atoms. The van der Waals surface area contributed by atoms with Gasteiger partial charge in [0.05, 0.1) is 12.0 Å². The first kappa shape index (κ1) is 17.1. The Kier molecular flexibility index (Phi) is 4.99. The number of aliphatic hydroxyl groups is 1. The number of carbonyl (C=O) groups is 2. The molecule has 1 saturated carbocycles. The van der Waals surface area contributed by atoms with Crippen molar-refractivity contribution in [2.24, 2.45) is 0 Å². The van der Waals surface area contributed by atoms with Crippen molar-refractivity contribution in [3.8, 4) is 0 Å². The number of alkyl halides is 3. The van der Waals surface area contributed by atoms with E-state index in [1.165, 1.54) is 0 Å². The van der Waals surface area contributed by atoms with Crippen LogP contribution in [0, 0.1) is 0 Å². The van der Waals surface area contributed by atoms with Crippen molar-refractivity contribution >= 4 is 11.8 Å². The molecule has 2 fully saturated rings. The highest BCUT2D eigenvalue weighted by molar-refractivity contribution is 5.88. The van der Waals surface area contributed by atoms with Crippen molar-refractivity contribution in [1.82, 2.24) is 10.2 Å². The van der Waals surface area contributed by atoms with E-state index >= 15 is 0 Å². The topological polar surface area (TPSA) is 69.6 Å². The Bertz CT molecular complexity index is 434. The van der Waals surface area contributed by atoms with Crippen LogP contribution in [-0.4, -0.2) is 52.7 Å². The van der Waals surface area contributed by atoms with Crippen LogP contribution >= 0.6 is 0 Å². The van der Waals surface area contributed by atoms with Gasteiger partial charge in [0.25, 0.3) is 0 Å². The normalized spacial score (nSPS) is 25.4. The summed E-state index contributed by atoms with van der Waals surface area (Å²) in [5.41, 5.74) is -1.03. The second-order valence-electron chi connectivity index (χ2n) is 6.25. The average Bonchev–Trinajstić information content (AvgIpc) is 2.79. The molecule has 1 saturated heterocycles. The van der Waals surface area contributed by atoms with Crippen molar-refractivity contribution in [3.63, 3.8) is 0 Å². The van der Waals surface area contributed by atoms with Gasteiger partial charge >= 0.3 is 6.18 Å². The number of nitrogens with one attached hydrogen (secondary N) is 1. The van der Waals surface area contributed by atoms with Crippen LogP contribution < -0.4 is 5.32 Å². The van der Waals surface area contributed by atoms with Crippen molar-refractivity contribution in [3.05, 3.63) is 0 Å². The molecule has 5 nitrogen and oxygen atoms in total. The molecule has 1 atom stereocenters. The molecule has 0 radical (unpaired) electrons. The molecule has 1 heterocycles. The van der Waals surface area contributed by atoms with Gasteiger partial charge in [-0.1, -0.05) is 12.8 Å². The summed E-state index contributed by atoms with van der Waals surface area (Å²) in [7, 11) is 0. The maximum atomic E-state index is 12.4. The highest BCUT2D eigenvalue weighted by atomic mass is 19.4. The van der Waals surface area contributed by atoms with Gasteiger partial charge < -0.3 is 15.3 Å². The zero-order valence-corrected chi connectivity index (χ0v) is 12.3. The van der Waals surface area contributed by atoms with Gasteiger partial charge in [0.2, 0.25) is 11.8 Å². The summed E-state index contributed by atoms with van der Waals surface area (Å²) >= 11 is 0. The zero-order chi connectivity index (χ0) is 16.4. The fraction of sp³-hybridized carbons (Fsp3) is 0.857. The summed E-state index contributed by atoms with van der Waals surface area (Å²) in [5.74, 6) is -1.17. The van der Waals surface area contributed by atoms with Gasteiger partial charge in [-0.3, -0.25) is 9.59 Å². The second-order valence-corrected chi connectivity index (χ2v) is 6.25. The number of rotatable bonds is 4. The molecule has 0 aromatic carbocycles. The lowest BCUT2D eigenvalue weighted by Crippen LogP contribution is -2.54. The smallest absolute Gasteiger partial charge is 0.389 e. The molecule has 1 unspecified atom stereocenters. The summed E-state index contributed by atoms with van der Waals surface area (Å²) < 4.78 is 37.2. The van der Waals surface area contributed by atoms with E-state index in [4.69, 9.17) is 0 Å². The molecule has 0 aromatic rings. The van der Waals surface area contributed by atoms with Crippen LogP contribution in [0.25, 0.3) is 0 Å². The van der Waals surface area contributed by atoms with E-state index in [0.29, 0.717) is 25.7 Å². The van der Waals surface area contributed by atoms with Crippen LogP contribution in [0.15, 0.2) is 0 Å². The van der Waals surface area contributed by atoms with E-state index in [0.717, 1.165) is 17.7 Å². The zero-order valence-electron chi connectivity index (χ0n) is 12.3. The Labute approximate surface area is 126 Å². The lowest BCUT2D eigenvalue weighted by Gasteiger charge is -2.33. The van der Waals surface area contributed by atoms with Gasteiger partial charge in [-0.15, -0.1) is 0 Å². The fourth-order valence-corrected chi connectivity index (χ4v) is 3.20. The number of piperidine rings is 1. The number of carbonyl (C=O) groups excluding carboxylic acids is 2. The molecule has 0 aromatic heterocycles. The second kappa shape index (κ2) is 6.44. The first-order valence-corrected chi connectivity index (χ1v) is 7.56. The van der Waals surface area contributed by atoms with Crippen LogP contribution in [0.2, 0.25) is 0 Å². The Balaban J connectivity index is 1.88.